The number of hydrogen-bond donors (Lipinski definition) is 1. The maximum Gasteiger partial charge on any atom is 0.261 e. The van der Waals surface area contributed by atoms with Crippen molar-refractivity contribution in [2.24, 2.45) is 0 Å². The largest absolute Gasteiger partial charge is 0.491 e. The van der Waals surface area contributed by atoms with Crippen LogP contribution in [-0.2, 0) is 6.54 Å². The van der Waals surface area contributed by atoms with Gasteiger partial charge >= 0.3 is 0 Å². The van der Waals surface area contributed by atoms with E-state index in [9.17, 15) is 9.90 Å². The van der Waals surface area contributed by atoms with Gasteiger partial charge < -0.3 is 9.84 Å². The average molecular weight is 421 g/mol. The Morgan fingerprint density at radius 2 is 1.96 bits per heavy atom. The van der Waals surface area contributed by atoms with E-state index >= 15 is 0 Å². The minimum atomic E-state index is -0.882. The SMILES string of the molecule is Cc1cc(OCC(O)Cn2cnc3ccc(Cl)cc3c2=O)c(C(C)C)cc1Cl. The number of aryl methyl sites for hydroxylation is 1. The normalized spacial score (nSPS) is 12.5. The minimum absolute atomic E-state index is 0.0425. The summed E-state index contributed by atoms with van der Waals surface area (Å²) in [5.41, 5.74) is 2.19. The van der Waals surface area contributed by atoms with E-state index in [1.807, 2.05) is 19.1 Å². The van der Waals surface area contributed by atoms with Crippen LogP contribution in [0.3, 0.4) is 0 Å². The lowest BCUT2D eigenvalue weighted by atomic mass is 10.0. The molecule has 0 aliphatic heterocycles. The Labute approximate surface area is 173 Å². The molecule has 148 valence electrons. The fourth-order valence-electron chi connectivity index (χ4n) is 2.97. The number of fused-ring (bicyclic) bond motifs is 1. The molecule has 1 N–H and O–H groups in total. The van der Waals surface area contributed by atoms with Gasteiger partial charge in [-0.15, -0.1) is 0 Å². The summed E-state index contributed by atoms with van der Waals surface area (Å²) < 4.78 is 7.21. The van der Waals surface area contributed by atoms with E-state index in [2.05, 4.69) is 18.8 Å². The molecule has 0 aliphatic rings. The number of hydrogen-bond acceptors (Lipinski definition) is 4. The topological polar surface area (TPSA) is 64.3 Å². The molecule has 0 spiro atoms. The third kappa shape index (κ3) is 4.49. The van der Waals surface area contributed by atoms with Crippen molar-refractivity contribution in [3.05, 3.63) is 68.2 Å². The quantitative estimate of drug-likeness (QED) is 0.633. The van der Waals surface area contributed by atoms with Crippen molar-refractivity contribution in [3.63, 3.8) is 0 Å². The second-order valence-electron chi connectivity index (χ2n) is 7.12. The van der Waals surface area contributed by atoms with Crippen LogP contribution in [-0.4, -0.2) is 27.4 Å². The van der Waals surface area contributed by atoms with Crippen LogP contribution in [0.25, 0.3) is 10.9 Å². The molecule has 1 unspecified atom stereocenters. The third-order valence-electron chi connectivity index (χ3n) is 4.54. The molecule has 0 fully saturated rings. The summed E-state index contributed by atoms with van der Waals surface area (Å²) in [6, 6.07) is 8.72. The van der Waals surface area contributed by atoms with Crippen LogP contribution < -0.4 is 10.3 Å². The molecule has 1 atom stereocenters. The van der Waals surface area contributed by atoms with Gasteiger partial charge in [-0.3, -0.25) is 9.36 Å². The van der Waals surface area contributed by atoms with E-state index in [0.29, 0.717) is 26.7 Å². The lowest BCUT2D eigenvalue weighted by Gasteiger charge is -2.18. The molecule has 0 amide bonds. The lowest BCUT2D eigenvalue weighted by Crippen LogP contribution is -2.30. The molecule has 0 aliphatic carbocycles. The summed E-state index contributed by atoms with van der Waals surface area (Å²) in [6.07, 6.45) is 0.542. The fourth-order valence-corrected chi connectivity index (χ4v) is 3.32. The monoisotopic (exact) mass is 420 g/mol. The highest BCUT2D eigenvalue weighted by molar-refractivity contribution is 6.31. The van der Waals surface area contributed by atoms with Crippen molar-refractivity contribution in [3.8, 4) is 5.75 Å². The first-order valence-corrected chi connectivity index (χ1v) is 9.77. The van der Waals surface area contributed by atoms with Gasteiger partial charge in [0.05, 0.1) is 23.8 Å². The zero-order valence-corrected chi connectivity index (χ0v) is 17.5. The number of ether oxygens (including phenoxy) is 1. The molecule has 0 bridgehead atoms. The van der Waals surface area contributed by atoms with Gasteiger partial charge in [0.1, 0.15) is 18.5 Å². The number of halogens is 2. The molecule has 0 radical (unpaired) electrons. The Hall–Kier alpha value is -2.08. The second-order valence-corrected chi connectivity index (χ2v) is 7.97. The van der Waals surface area contributed by atoms with Crippen molar-refractivity contribution in [2.45, 2.75) is 39.3 Å². The Morgan fingerprint density at radius 1 is 1.21 bits per heavy atom. The van der Waals surface area contributed by atoms with Crippen LogP contribution in [0.2, 0.25) is 10.0 Å². The van der Waals surface area contributed by atoms with Crippen LogP contribution in [0.4, 0.5) is 0 Å². The van der Waals surface area contributed by atoms with Crippen molar-refractivity contribution in [2.75, 3.05) is 6.61 Å². The Balaban J connectivity index is 1.76. The van der Waals surface area contributed by atoms with Crippen LogP contribution in [0.1, 0.15) is 30.9 Å². The van der Waals surface area contributed by atoms with E-state index in [1.54, 1.807) is 18.2 Å². The highest BCUT2D eigenvalue weighted by Crippen LogP contribution is 2.32. The first-order chi connectivity index (χ1) is 13.3. The second kappa shape index (κ2) is 8.52. The van der Waals surface area contributed by atoms with Gasteiger partial charge in [-0.2, -0.15) is 0 Å². The third-order valence-corrected chi connectivity index (χ3v) is 5.18. The predicted molar refractivity (Wildman–Crippen MR) is 113 cm³/mol. The smallest absolute Gasteiger partial charge is 0.261 e. The molecule has 3 rings (SSSR count). The van der Waals surface area contributed by atoms with Crippen LogP contribution in [0.15, 0.2) is 41.5 Å². The molecule has 0 saturated heterocycles. The highest BCUT2D eigenvalue weighted by atomic mass is 35.5. The van der Waals surface area contributed by atoms with Crippen LogP contribution in [0.5, 0.6) is 5.75 Å². The van der Waals surface area contributed by atoms with E-state index < -0.39 is 6.10 Å². The van der Waals surface area contributed by atoms with E-state index in [1.165, 1.54) is 10.9 Å². The predicted octanol–water partition coefficient (Wildman–Crippen LogP) is 4.58. The minimum Gasteiger partial charge on any atom is -0.491 e. The summed E-state index contributed by atoms with van der Waals surface area (Å²) in [4.78, 5) is 16.9. The molecule has 3 aromatic rings. The van der Waals surface area contributed by atoms with Crippen molar-refractivity contribution < 1.29 is 9.84 Å². The Kier molecular flexibility index (Phi) is 6.28. The molecule has 2 aromatic carbocycles. The van der Waals surface area contributed by atoms with Gasteiger partial charge in [0.15, 0.2) is 0 Å². The van der Waals surface area contributed by atoms with Crippen molar-refractivity contribution in [1.82, 2.24) is 9.55 Å². The number of nitrogens with zero attached hydrogens (tertiary/aromatic N) is 2. The first kappa shape index (κ1) is 20.6. The first-order valence-electron chi connectivity index (χ1n) is 9.02. The van der Waals surface area contributed by atoms with Crippen LogP contribution in [0, 0.1) is 6.92 Å². The van der Waals surface area contributed by atoms with E-state index in [0.717, 1.165) is 11.1 Å². The Bertz CT molecular complexity index is 1060. The molecular weight excluding hydrogens is 399 g/mol. The molecule has 1 heterocycles. The van der Waals surface area contributed by atoms with Gasteiger partial charge in [0.25, 0.3) is 5.56 Å². The molecular formula is C21H22Cl2N2O3. The summed E-state index contributed by atoms with van der Waals surface area (Å²) in [5, 5.41) is 12.0. The number of aliphatic hydroxyl groups is 1. The summed E-state index contributed by atoms with van der Waals surface area (Å²) in [6.45, 7) is 6.12. The molecule has 5 nitrogen and oxygen atoms in total. The van der Waals surface area contributed by atoms with Crippen molar-refractivity contribution in [1.29, 1.82) is 0 Å². The summed E-state index contributed by atoms with van der Waals surface area (Å²) >= 11 is 12.2. The molecule has 7 heteroatoms. The number of aromatic nitrogens is 2. The van der Waals surface area contributed by atoms with Gasteiger partial charge in [-0.25, -0.2) is 4.98 Å². The maximum atomic E-state index is 12.6. The fraction of sp³-hybridized carbons (Fsp3) is 0.333. The number of aliphatic hydroxyl groups excluding tert-OH is 1. The summed E-state index contributed by atoms with van der Waals surface area (Å²) in [7, 11) is 0. The lowest BCUT2D eigenvalue weighted by molar-refractivity contribution is 0.0908. The van der Waals surface area contributed by atoms with E-state index in [-0.39, 0.29) is 24.6 Å². The molecule has 1 aromatic heterocycles. The molecule has 28 heavy (non-hydrogen) atoms. The Morgan fingerprint density at radius 3 is 2.68 bits per heavy atom. The van der Waals surface area contributed by atoms with Crippen molar-refractivity contribution >= 4 is 34.1 Å². The summed E-state index contributed by atoms with van der Waals surface area (Å²) in [5.74, 6) is 0.911. The van der Waals surface area contributed by atoms with Gasteiger partial charge in [0.2, 0.25) is 0 Å². The van der Waals surface area contributed by atoms with Crippen LogP contribution >= 0.6 is 23.2 Å². The van der Waals surface area contributed by atoms with Gasteiger partial charge in [-0.05, 0) is 54.3 Å². The zero-order chi connectivity index (χ0) is 20.4. The maximum absolute atomic E-state index is 12.6. The average Bonchev–Trinajstić information content (AvgIpc) is 2.65. The van der Waals surface area contributed by atoms with Gasteiger partial charge in [-0.1, -0.05) is 37.0 Å². The zero-order valence-electron chi connectivity index (χ0n) is 15.9. The number of rotatable bonds is 6. The van der Waals surface area contributed by atoms with E-state index in [4.69, 9.17) is 27.9 Å². The number of benzene rings is 2. The molecule has 0 saturated carbocycles. The van der Waals surface area contributed by atoms with Gasteiger partial charge in [0, 0.05) is 10.0 Å². The standard InChI is InChI=1S/C21H22Cl2N2O3/c1-12(2)16-8-18(23)13(3)6-20(16)28-10-15(26)9-25-11-24-19-5-4-14(22)7-17(19)21(25)27/h4-8,11-12,15,26H,9-10H2,1-3H3. The highest BCUT2D eigenvalue weighted by Gasteiger charge is 2.14.